The third kappa shape index (κ3) is 3.76. The molecule has 6 heteroatoms. The van der Waals surface area contributed by atoms with Crippen LogP contribution in [0.1, 0.15) is 47.6 Å². The number of hydrogen-bond donors (Lipinski definition) is 1. The summed E-state index contributed by atoms with van der Waals surface area (Å²) in [6.45, 7) is 6.64. The number of thiophene rings is 1. The lowest BCUT2D eigenvalue weighted by Crippen LogP contribution is -2.40. The first kappa shape index (κ1) is 20.2. The van der Waals surface area contributed by atoms with E-state index in [1.54, 1.807) is 11.9 Å². The number of nitrogens with two attached hydrogens (primary N) is 1. The monoisotopic (exact) mass is 424 g/mol. The van der Waals surface area contributed by atoms with Gasteiger partial charge in [-0.15, -0.1) is 11.3 Å². The number of benzene rings is 1. The second-order valence-corrected chi connectivity index (χ2v) is 10.1. The number of hydrogen-bond acceptors (Lipinski definition) is 6. The maximum atomic E-state index is 6.15. The predicted molar refractivity (Wildman–Crippen MR) is 128 cm³/mol. The second kappa shape index (κ2) is 8.00. The molecule has 0 fully saturated rings. The van der Waals surface area contributed by atoms with Crippen molar-refractivity contribution in [1.29, 1.82) is 0 Å². The summed E-state index contributed by atoms with van der Waals surface area (Å²) in [5.74, 6) is 1.97. The van der Waals surface area contributed by atoms with Crippen molar-refractivity contribution in [1.82, 2.24) is 4.31 Å². The zero-order valence-electron chi connectivity index (χ0n) is 17.5. The summed E-state index contributed by atoms with van der Waals surface area (Å²) >= 11 is 3.54. The van der Waals surface area contributed by atoms with Crippen LogP contribution in [0.25, 0.3) is 11.3 Å². The Kier molecular flexibility index (Phi) is 5.58. The van der Waals surface area contributed by atoms with E-state index in [4.69, 9.17) is 15.7 Å². The van der Waals surface area contributed by atoms with Crippen LogP contribution in [0.5, 0.6) is 0 Å². The van der Waals surface area contributed by atoms with Crippen molar-refractivity contribution in [3.63, 3.8) is 0 Å². The fraction of sp³-hybridized carbons (Fsp3) is 0.391. The van der Waals surface area contributed by atoms with Gasteiger partial charge in [0.2, 0.25) is 5.96 Å². The molecule has 2 aliphatic rings. The van der Waals surface area contributed by atoms with E-state index in [1.807, 2.05) is 22.7 Å². The molecule has 0 saturated heterocycles. The Morgan fingerprint density at radius 3 is 2.72 bits per heavy atom. The van der Waals surface area contributed by atoms with Gasteiger partial charge in [-0.05, 0) is 67.3 Å². The van der Waals surface area contributed by atoms with Crippen LogP contribution in [0.3, 0.4) is 0 Å². The molecule has 1 aromatic heterocycles. The second-order valence-electron chi connectivity index (χ2n) is 7.92. The molecule has 0 bridgehead atoms. The molecule has 2 aliphatic heterocycles. The molecule has 3 heterocycles. The van der Waals surface area contributed by atoms with Crippen LogP contribution in [0, 0.1) is 12.8 Å². The summed E-state index contributed by atoms with van der Waals surface area (Å²) in [6.07, 6.45) is 4.20. The molecular formula is C23H28N4S2. The van der Waals surface area contributed by atoms with Crippen molar-refractivity contribution in [2.75, 3.05) is 12.8 Å². The summed E-state index contributed by atoms with van der Waals surface area (Å²) in [5, 5.41) is 0. The Hall–Kier alpha value is -2.05. The zero-order valence-corrected chi connectivity index (χ0v) is 19.1. The highest BCUT2D eigenvalue weighted by atomic mass is 32.2. The number of nitrogens with zero attached hydrogens (tertiary/aromatic N) is 3. The lowest BCUT2D eigenvalue weighted by Gasteiger charge is -2.33. The van der Waals surface area contributed by atoms with Crippen LogP contribution < -0.4 is 5.73 Å². The summed E-state index contributed by atoms with van der Waals surface area (Å²) in [6, 6.07) is 13.0. The lowest BCUT2D eigenvalue weighted by atomic mass is 9.85. The van der Waals surface area contributed by atoms with E-state index in [-0.39, 0.29) is 5.54 Å². The molecular weight excluding hydrogens is 396 g/mol. The average molecular weight is 425 g/mol. The van der Waals surface area contributed by atoms with Crippen molar-refractivity contribution < 1.29 is 0 Å². The third-order valence-electron chi connectivity index (χ3n) is 5.71. The standard InChI is InChI=1S/C23H28N4S2/c1-5-16-11-12-25-20(19(16)17-9-7-6-8-10-17)18-13-15(2)21(29-18)23(3)14-28-27(4)22(24)26-23/h6-10,12-13,16H,5,11,14H2,1-4H3,(H2,24,26). The molecule has 2 unspecified atom stereocenters. The Balaban J connectivity index is 1.83. The van der Waals surface area contributed by atoms with Gasteiger partial charge in [0.15, 0.2) is 0 Å². The quantitative estimate of drug-likeness (QED) is 0.655. The number of allylic oxidation sites excluding steroid dienone is 1. The van der Waals surface area contributed by atoms with Crippen LogP contribution in [0.15, 0.2) is 46.4 Å². The van der Waals surface area contributed by atoms with E-state index < -0.39 is 0 Å². The SMILES string of the molecule is CCC1CC=NC(c2cc(C)c(C3(C)CSN(C)C(N)=N3)s2)=C1c1ccccc1. The predicted octanol–water partition coefficient (Wildman–Crippen LogP) is 5.55. The van der Waals surface area contributed by atoms with Gasteiger partial charge in [-0.1, -0.05) is 37.3 Å². The van der Waals surface area contributed by atoms with Crippen LogP contribution in [-0.4, -0.2) is 29.3 Å². The van der Waals surface area contributed by atoms with Gasteiger partial charge in [0.1, 0.15) is 5.54 Å². The Morgan fingerprint density at radius 1 is 1.28 bits per heavy atom. The molecule has 0 aliphatic carbocycles. The van der Waals surface area contributed by atoms with Crippen molar-refractivity contribution in [2.45, 2.75) is 39.2 Å². The van der Waals surface area contributed by atoms with Gasteiger partial charge in [-0.3, -0.25) is 9.30 Å². The Morgan fingerprint density at radius 2 is 2.03 bits per heavy atom. The van der Waals surface area contributed by atoms with Gasteiger partial charge in [-0.25, -0.2) is 4.99 Å². The molecule has 4 nitrogen and oxygen atoms in total. The molecule has 2 aromatic rings. The van der Waals surface area contributed by atoms with Crippen LogP contribution in [-0.2, 0) is 5.54 Å². The molecule has 0 radical (unpaired) electrons. The molecule has 152 valence electrons. The minimum atomic E-state index is -0.301. The number of guanidine groups is 1. The summed E-state index contributed by atoms with van der Waals surface area (Å²) in [4.78, 5) is 12.3. The largest absolute Gasteiger partial charge is 0.369 e. The molecule has 1 aromatic carbocycles. The van der Waals surface area contributed by atoms with Crippen molar-refractivity contribution in [2.24, 2.45) is 21.6 Å². The maximum absolute atomic E-state index is 6.15. The van der Waals surface area contributed by atoms with Gasteiger partial charge in [0, 0.05) is 23.9 Å². The van der Waals surface area contributed by atoms with Gasteiger partial charge >= 0.3 is 0 Å². The fourth-order valence-corrected chi connectivity index (χ4v) is 6.29. The highest BCUT2D eigenvalue weighted by Crippen LogP contribution is 2.45. The minimum absolute atomic E-state index is 0.301. The van der Waals surface area contributed by atoms with Crippen LogP contribution >= 0.6 is 23.3 Å². The lowest BCUT2D eigenvalue weighted by molar-refractivity contribution is 0.548. The first-order chi connectivity index (χ1) is 13.9. The van der Waals surface area contributed by atoms with Crippen molar-refractivity contribution in [3.8, 4) is 0 Å². The molecule has 4 rings (SSSR count). The van der Waals surface area contributed by atoms with E-state index in [9.17, 15) is 0 Å². The molecule has 0 amide bonds. The summed E-state index contributed by atoms with van der Waals surface area (Å²) in [7, 11) is 1.97. The highest BCUT2D eigenvalue weighted by Gasteiger charge is 2.35. The summed E-state index contributed by atoms with van der Waals surface area (Å²) < 4.78 is 1.94. The van der Waals surface area contributed by atoms with E-state index >= 15 is 0 Å². The van der Waals surface area contributed by atoms with Crippen LogP contribution in [0.4, 0.5) is 0 Å². The highest BCUT2D eigenvalue weighted by molar-refractivity contribution is 7.97. The number of aryl methyl sites for hydroxylation is 1. The molecule has 29 heavy (non-hydrogen) atoms. The van der Waals surface area contributed by atoms with E-state index in [0.717, 1.165) is 24.3 Å². The van der Waals surface area contributed by atoms with E-state index in [2.05, 4.69) is 63.4 Å². The van der Waals surface area contributed by atoms with E-state index in [1.165, 1.54) is 26.5 Å². The number of rotatable bonds is 4. The first-order valence-electron chi connectivity index (χ1n) is 10.1. The van der Waals surface area contributed by atoms with Crippen LogP contribution in [0.2, 0.25) is 0 Å². The summed E-state index contributed by atoms with van der Waals surface area (Å²) in [5.41, 5.74) is 10.9. The van der Waals surface area contributed by atoms with Gasteiger partial charge < -0.3 is 5.73 Å². The normalized spacial score (nSPS) is 24.8. The topological polar surface area (TPSA) is 54.0 Å². The fourth-order valence-electron chi connectivity index (χ4n) is 4.10. The van der Waals surface area contributed by atoms with E-state index in [0.29, 0.717) is 11.9 Å². The minimum Gasteiger partial charge on any atom is -0.369 e. The zero-order chi connectivity index (χ0) is 20.6. The van der Waals surface area contributed by atoms with Crippen molar-refractivity contribution >= 4 is 46.7 Å². The van der Waals surface area contributed by atoms with Gasteiger partial charge in [0.25, 0.3) is 0 Å². The number of aliphatic imine (C=N–C) groups is 2. The Bertz CT molecular complexity index is 990. The molecule has 0 spiro atoms. The average Bonchev–Trinajstić information content (AvgIpc) is 3.13. The van der Waals surface area contributed by atoms with Crippen molar-refractivity contribution in [3.05, 3.63) is 57.3 Å². The Labute approximate surface area is 181 Å². The maximum Gasteiger partial charge on any atom is 0.202 e. The molecule has 0 saturated carbocycles. The van der Waals surface area contributed by atoms with Gasteiger partial charge in [0.05, 0.1) is 10.6 Å². The molecule has 2 N–H and O–H groups in total. The smallest absolute Gasteiger partial charge is 0.202 e. The first-order valence-corrected chi connectivity index (χ1v) is 11.8. The molecule has 2 atom stereocenters. The van der Waals surface area contributed by atoms with Gasteiger partial charge in [-0.2, -0.15) is 0 Å². The third-order valence-corrected chi connectivity index (χ3v) is 8.48.